The van der Waals surface area contributed by atoms with Gasteiger partial charge in [-0.3, -0.25) is 4.79 Å². The summed E-state index contributed by atoms with van der Waals surface area (Å²) in [5, 5.41) is 13.1. The molecule has 0 spiro atoms. The molecule has 1 heterocycles. The third-order valence-corrected chi connectivity index (χ3v) is 5.03. The van der Waals surface area contributed by atoms with Crippen molar-refractivity contribution in [3.63, 3.8) is 0 Å². The van der Waals surface area contributed by atoms with E-state index in [-0.39, 0.29) is 30.6 Å². The number of ether oxygens (including phenoxy) is 1. The molecule has 8 heteroatoms. The summed E-state index contributed by atoms with van der Waals surface area (Å²) in [7, 11) is 0. The van der Waals surface area contributed by atoms with Gasteiger partial charge in [-0.25, -0.2) is 4.98 Å². The SMILES string of the molecule is CSc1ncc(C(=O)NCc2ccccc2)c(OCc2ccc(CO)c(Cl)c2)n1. The van der Waals surface area contributed by atoms with E-state index in [0.29, 0.717) is 22.3 Å². The van der Waals surface area contributed by atoms with Crippen molar-refractivity contribution in [1.29, 1.82) is 0 Å². The Kier molecular flexibility index (Phi) is 7.46. The normalized spacial score (nSPS) is 10.6. The van der Waals surface area contributed by atoms with Gasteiger partial charge in [0, 0.05) is 17.8 Å². The number of carbonyl (C=O) groups is 1. The van der Waals surface area contributed by atoms with Gasteiger partial charge in [0.1, 0.15) is 12.2 Å². The third-order valence-electron chi connectivity index (χ3n) is 4.12. The van der Waals surface area contributed by atoms with Gasteiger partial charge in [0.05, 0.1) is 6.61 Å². The van der Waals surface area contributed by atoms with Crippen LogP contribution in [0.3, 0.4) is 0 Å². The van der Waals surface area contributed by atoms with Crippen LogP contribution in [0.4, 0.5) is 0 Å². The van der Waals surface area contributed by atoms with Crippen LogP contribution in [0.25, 0.3) is 0 Å². The van der Waals surface area contributed by atoms with Gasteiger partial charge in [-0.1, -0.05) is 65.8 Å². The Morgan fingerprint density at radius 1 is 1.21 bits per heavy atom. The molecule has 0 atom stereocenters. The minimum absolute atomic E-state index is 0.130. The second-order valence-corrected chi connectivity index (χ2v) is 7.30. The molecule has 0 bridgehead atoms. The maximum Gasteiger partial charge on any atom is 0.258 e. The van der Waals surface area contributed by atoms with E-state index in [9.17, 15) is 9.90 Å². The Hall–Kier alpha value is -2.61. The Labute approximate surface area is 178 Å². The molecule has 2 N–H and O–H groups in total. The average molecular weight is 430 g/mol. The molecule has 1 aromatic heterocycles. The quantitative estimate of drug-likeness (QED) is 0.418. The Balaban J connectivity index is 1.74. The minimum Gasteiger partial charge on any atom is -0.472 e. The van der Waals surface area contributed by atoms with Crippen LogP contribution < -0.4 is 10.1 Å². The standard InChI is InChI=1S/C21H20ClN3O3S/c1-29-21-24-11-17(19(27)23-10-14-5-3-2-4-6-14)20(25-21)28-13-15-7-8-16(12-26)18(22)9-15/h2-9,11,26H,10,12-13H2,1H3,(H,23,27). The summed E-state index contributed by atoms with van der Waals surface area (Å²) in [4.78, 5) is 21.2. The smallest absolute Gasteiger partial charge is 0.258 e. The van der Waals surface area contributed by atoms with E-state index in [1.807, 2.05) is 42.7 Å². The van der Waals surface area contributed by atoms with Gasteiger partial charge in [0.25, 0.3) is 5.91 Å². The first kappa shape index (κ1) is 21.1. The highest BCUT2D eigenvalue weighted by atomic mass is 35.5. The Bertz CT molecular complexity index is 986. The summed E-state index contributed by atoms with van der Waals surface area (Å²) in [5.74, 6) is -0.109. The number of carbonyl (C=O) groups excluding carboxylic acids is 1. The van der Waals surface area contributed by atoms with E-state index in [1.54, 1.807) is 12.1 Å². The zero-order valence-corrected chi connectivity index (χ0v) is 17.3. The summed E-state index contributed by atoms with van der Waals surface area (Å²) in [6, 6.07) is 14.9. The zero-order chi connectivity index (χ0) is 20.6. The molecule has 1 amide bonds. The fourth-order valence-corrected chi connectivity index (χ4v) is 3.14. The second-order valence-electron chi connectivity index (χ2n) is 6.12. The number of hydrogen-bond acceptors (Lipinski definition) is 6. The van der Waals surface area contributed by atoms with Gasteiger partial charge < -0.3 is 15.2 Å². The van der Waals surface area contributed by atoms with Crippen LogP contribution in [-0.4, -0.2) is 27.2 Å². The molecule has 2 aromatic carbocycles. The summed E-state index contributed by atoms with van der Waals surface area (Å²) in [6.45, 7) is 0.436. The van der Waals surface area contributed by atoms with Crippen molar-refractivity contribution >= 4 is 29.3 Å². The van der Waals surface area contributed by atoms with Crippen LogP contribution in [0.2, 0.25) is 5.02 Å². The molecular weight excluding hydrogens is 410 g/mol. The van der Waals surface area contributed by atoms with E-state index in [4.69, 9.17) is 16.3 Å². The predicted octanol–water partition coefficient (Wildman–Crippen LogP) is 3.85. The van der Waals surface area contributed by atoms with Crippen molar-refractivity contribution in [2.45, 2.75) is 24.9 Å². The van der Waals surface area contributed by atoms with E-state index in [2.05, 4.69) is 15.3 Å². The lowest BCUT2D eigenvalue weighted by molar-refractivity contribution is 0.0944. The summed E-state index contributed by atoms with van der Waals surface area (Å²) >= 11 is 7.49. The highest BCUT2D eigenvalue weighted by Gasteiger charge is 2.16. The Morgan fingerprint density at radius 3 is 2.69 bits per heavy atom. The summed E-state index contributed by atoms with van der Waals surface area (Å²) in [6.07, 6.45) is 3.32. The molecule has 29 heavy (non-hydrogen) atoms. The number of amides is 1. The minimum atomic E-state index is -0.315. The number of benzene rings is 2. The monoisotopic (exact) mass is 429 g/mol. The number of nitrogens with one attached hydrogen (secondary N) is 1. The predicted molar refractivity (Wildman–Crippen MR) is 113 cm³/mol. The number of aromatic nitrogens is 2. The number of aliphatic hydroxyl groups excluding tert-OH is 1. The molecule has 0 saturated heterocycles. The van der Waals surface area contributed by atoms with Gasteiger partial charge in [-0.15, -0.1) is 0 Å². The number of rotatable bonds is 8. The summed E-state index contributed by atoms with van der Waals surface area (Å²) in [5.41, 5.74) is 2.69. The van der Waals surface area contributed by atoms with Crippen LogP contribution in [0.1, 0.15) is 27.0 Å². The summed E-state index contributed by atoms with van der Waals surface area (Å²) < 4.78 is 5.82. The molecule has 150 valence electrons. The van der Waals surface area contributed by atoms with Crippen LogP contribution >= 0.6 is 23.4 Å². The lowest BCUT2D eigenvalue weighted by Gasteiger charge is -2.12. The fraction of sp³-hybridized carbons (Fsp3) is 0.190. The second kappa shape index (κ2) is 10.2. The van der Waals surface area contributed by atoms with Crippen molar-refractivity contribution in [1.82, 2.24) is 15.3 Å². The van der Waals surface area contributed by atoms with E-state index < -0.39 is 0 Å². The lowest BCUT2D eigenvalue weighted by Crippen LogP contribution is -2.24. The largest absolute Gasteiger partial charge is 0.472 e. The first-order chi connectivity index (χ1) is 14.1. The van der Waals surface area contributed by atoms with E-state index in [1.165, 1.54) is 18.0 Å². The topological polar surface area (TPSA) is 84.3 Å². The average Bonchev–Trinajstić information content (AvgIpc) is 2.76. The van der Waals surface area contributed by atoms with Crippen LogP contribution in [0, 0.1) is 0 Å². The van der Waals surface area contributed by atoms with Crippen molar-refractivity contribution < 1.29 is 14.6 Å². The van der Waals surface area contributed by atoms with Crippen molar-refractivity contribution in [2.75, 3.05) is 6.26 Å². The van der Waals surface area contributed by atoms with Crippen molar-refractivity contribution in [3.05, 3.63) is 82.0 Å². The number of halogens is 1. The molecule has 3 aromatic rings. The van der Waals surface area contributed by atoms with Gasteiger partial charge in [-0.05, 0) is 29.0 Å². The van der Waals surface area contributed by atoms with Crippen LogP contribution in [-0.2, 0) is 19.8 Å². The number of hydrogen-bond donors (Lipinski definition) is 2. The number of aliphatic hydroxyl groups is 1. The maximum absolute atomic E-state index is 12.7. The molecule has 0 aliphatic heterocycles. The molecule has 3 rings (SSSR count). The highest BCUT2D eigenvalue weighted by Crippen LogP contribution is 2.22. The molecule has 0 fully saturated rings. The number of thioether (sulfide) groups is 1. The number of nitrogens with zero attached hydrogens (tertiary/aromatic N) is 2. The molecule has 0 saturated carbocycles. The zero-order valence-electron chi connectivity index (χ0n) is 15.8. The first-order valence-electron chi connectivity index (χ1n) is 8.85. The van der Waals surface area contributed by atoms with Gasteiger partial charge in [-0.2, -0.15) is 4.98 Å². The molecule has 6 nitrogen and oxygen atoms in total. The molecule has 0 aliphatic rings. The molecular formula is C21H20ClN3O3S. The van der Waals surface area contributed by atoms with E-state index in [0.717, 1.165) is 11.1 Å². The van der Waals surface area contributed by atoms with Crippen molar-refractivity contribution in [3.8, 4) is 5.88 Å². The van der Waals surface area contributed by atoms with E-state index >= 15 is 0 Å². The van der Waals surface area contributed by atoms with Gasteiger partial charge >= 0.3 is 0 Å². The van der Waals surface area contributed by atoms with Crippen LogP contribution in [0.5, 0.6) is 5.88 Å². The molecule has 0 unspecified atom stereocenters. The molecule has 0 aliphatic carbocycles. The fourth-order valence-electron chi connectivity index (χ4n) is 2.55. The van der Waals surface area contributed by atoms with Gasteiger partial charge in [0.15, 0.2) is 5.16 Å². The first-order valence-corrected chi connectivity index (χ1v) is 10.4. The molecule has 0 radical (unpaired) electrons. The lowest BCUT2D eigenvalue weighted by atomic mass is 10.1. The third kappa shape index (κ3) is 5.69. The highest BCUT2D eigenvalue weighted by molar-refractivity contribution is 7.98. The van der Waals surface area contributed by atoms with Crippen LogP contribution in [0.15, 0.2) is 59.9 Å². The Morgan fingerprint density at radius 2 is 2.00 bits per heavy atom. The maximum atomic E-state index is 12.7. The van der Waals surface area contributed by atoms with Crippen molar-refractivity contribution in [2.24, 2.45) is 0 Å². The van der Waals surface area contributed by atoms with Gasteiger partial charge in [0.2, 0.25) is 5.88 Å².